The fraction of sp³-hybridized carbons (Fsp3) is 0.944. The molecule has 0 atom stereocenters. The van der Waals surface area contributed by atoms with Crippen LogP contribution in [0.25, 0.3) is 0 Å². The summed E-state index contributed by atoms with van der Waals surface area (Å²) in [5.41, 5.74) is 0. The first-order chi connectivity index (χ1) is 10.7. The van der Waals surface area contributed by atoms with Gasteiger partial charge in [-0.05, 0) is 19.3 Å². The molecule has 4 heteroatoms. The third kappa shape index (κ3) is 6.25. The van der Waals surface area contributed by atoms with Crippen LogP contribution in [0.1, 0.15) is 64.2 Å². The maximum Gasteiger partial charge on any atom is 0.303 e. The molecule has 3 fully saturated rings. The van der Waals surface area contributed by atoms with E-state index in [4.69, 9.17) is 5.11 Å². The predicted octanol–water partition coefficient (Wildman–Crippen LogP) is 3.12. The summed E-state index contributed by atoms with van der Waals surface area (Å²) in [4.78, 5) is 13.0. The Hall–Kier alpha value is -0.610. The topological polar surface area (TPSA) is 40.5 Å². The molecular weight excluding hydrogens is 276 g/mol. The lowest BCUT2D eigenvalue weighted by Crippen LogP contribution is -2.67. The summed E-state index contributed by atoms with van der Waals surface area (Å²) in [5, 5.41) is 8.57. The maximum atomic E-state index is 10.4. The van der Waals surface area contributed by atoms with E-state index in [2.05, 4.69) is 4.90 Å². The van der Waals surface area contributed by atoms with E-state index in [1.807, 2.05) is 0 Å². The highest BCUT2D eigenvalue weighted by Gasteiger charge is 2.37. The van der Waals surface area contributed by atoms with Crippen molar-refractivity contribution in [3.05, 3.63) is 0 Å². The van der Waals surface area contributed by atoms with Crippen LogP contribution in [-0.2, 0) is 4.79 Å². The zero-order chi connectivity index (χ0) is 15.7. The minimum absolute atomic E-state index is 0.345. The Morgan fingerprint density at radius 2 is 1.23 bits per heavy atom. The SMILES string of the molecule is O=C(O)CCCCCCCCCCC[N+]12CCN(CC1)CC2. The molecule has 3 aliphatic rings. The average molecular weight is 311 g/mol. The zero-order valence-corrected chi connectivity index (χ0v) is 14.3. The molecule has 0 aromatic rings. The molecule has 3 aliphatic heterocycles. The molecule has 0 radical (unpaired) electrons. The van der Waals surface area contributed by atoms with E-state index < -0.39 is 5.97 Å². The van der Waals surface area contributed by atoms with Gasteiger partial charge in [0.15, 0.2) is 0 Å². The molecule has 0 amide bonds. The van der Waals surface area contributed by atoms with Crippen molar-refractivity contribution in [3.63, 3.8) is 0 Å². The fourth-order valence-electron chi connectivity index (χ4n) is 4.03. The van der Waals surface area contributed by atoms with E-state index in [0.717, 1.165) is 12.8 Å². The standard InChI is InChI=1S/C18H34N2O2/c21-18(22)10-8-6-4-2-1-3-5-7-9-14-20-15-11-19(12-16-20)13-17-20/h1-17H2/p+1. The summed E-state index contributed by atoms with van der Waals surface area (Å²) >= 11 is 0. The lowest BCUT2D eigenvalue weighted by Gasteiger charge is -2.50. The number of nitrogens with zero attached hydrogens (tertiary/aromatic N) is 2. The summed E-state index contributed by atoms with van der Waals surface area (Å²) in [7, 11) is 0. The molecule has 0 aromatic carbocycles. The first-order valence-electron chi connectivity index (χ1n) is 9.49. The number of quaternary nitrogens is 1. The van der Waals surface area contributed by atoms with Gasteiger partial charge in [-0.15, -0.1) is 0 Å². The van der Waals surface area contributed by atoms with Gasteiger partial charge in [0.05, 0.1) is 26.2 Å². The second-order valence-electron chi connectivity index (χ2n) is 7.40. The largest absolute Gasteiger partial charge is 0.481 e. The van der Waals surface area contributed by atoms with Crippen LogP contribution in [0.4, 0.5) is 0 Å². The average Bonchev–Trinajstić information content (AvgIpc) is 2.54. The van der Waals surface area contributed by atoms with Crippen molar-refractivity contribution in [3.8, 4) is 0 Å². The Bertz CT molecular complexity index is 311. The van der Waals surface area contributed by atoms with Crippen LogP contribution in [0.15, 0.2) is 0 Å². The van der Waals surface area contributed by atoms with Gasteiger partial charge >= 0.3 is 5.97 Å². The Kier molecular flexibility index (Phi) is 7.67. The van der Waals surface area contributed by atoms with Crippen LogP contribution in [0.5, 0.6) is 0 Å². The van der Waals surface area contributed by atoms with Crippen LogP contribution in [0.3, 0.4) is 0 Å². The van der Waals surface area contributed by atoms with E-state index in [1.165, 1.54) is 95.2 Å². The summed E-state index contributed by atoms with van der Waals surface area (Å²) in [6.45, 7) is 9.62. The number of carbonyl (C=O) groups is 1. The highest BCUT2D eigenvalue weighted by molar-refractivity contribution is 5.66. The minimum Gasteiger partial charge on any atom is -0.481 e. The van der Waals surface area contributed by atoms with Gasteiger partial charge in [-0.2, -0.15) is 0 Å². The maximum absolute atomic E-state index is 10.4. The molecule has 2 bridgehead atoms. The van der Waals surface area contributed by atoms with Gasteiger partial charge < -0.3 is 9.59 Å². The van der Waals surface area contributed by atoms with Crippen LogP contribution in [0.2, 0.25) is 0 Å². The number of aliphatic carboxylic acids is 1. The molecule has 4 nitrogen and oxygen atoms in total. The Morgan fingerprint density at radius 1 is 0.773 bits per heavy atom. The molecule has 3 heterocycles. The summed E-state index contributed by atoms with van der Waals surface area (Å²) in [6, 6.07) is 0. The van der Waals surface area contributed by atoms with Crippen molar-refractivity contribution in [1.29, 1.82) is 0 Å². The monoisotopic (exact) mass is 311 g/mol. The van der Waals surface area contributed by atoms with Crippen LogP contribution in [0, 0.1) is 0 Å². The van der Waals surface area contributed by atoms with Crippen molar-refractivity contribution < 1.29 is 14.4 Å². The molecule has 3 saturated heterocycles. The number of piperazine rings is 3. The molecule has 0 spiro atoms. The molecule has 0 aliphatic carbocycles. The number of unbranched alkanes of at least 4 members (excludes halogenated alkanes) is 8. The molecule has 1 N–H and O–H groups in total. The number of hydrogen-bond acceptors (Lipinski definition) is 2. The minimum atomic E-state index is -0.651. The summed E-state index contributed by atoms with van der Waals surface area (Å²) < 4.78 is 1.42. The van der Waals surface area contributed by atoms with E-state index in [9.17, 15) is 4.79 Å². The predicted molar refractivity (Wildman–Crippen MR) is 90.0 cm³/mol. The van der Waals surface area contributed by atoms with Gasteiger partial charge in [-0.25, -0.2) is 0 Å². The molecule has 0 aromatic heterocycles. The first-order valence-corrected chi connectivity index (χ1v) is 9.49. The smallest absolute Gasteiger partial charge is 0.303 e. The van der Waals surface area contributed by atoms with Crippen LogP contribution >= 0.6 is 0 Å². The van der Waals surface area contributed by atoms with E-state index in [1.54, 1.807) is 0 Å². The number of rotatable bonds is 12. The van der Waals surface area contributed by atoms with E-state index >= 15 is 0 Å². The highest BCUT2D eigenvalue weighted by atomic mass is 16.4. The van der Waals surface area contributed by atoms with Crippen LogP contribution in [-0.4, -0.2) is 66.3 Å². The van der Waals surface area contributed by atoms with Crippen molar-refractivity contribution in [2.75, 3.05) is 45.8 Å². The lowest BCUT2D eigenvalue weighted by molar-refractivity contribution is -0.941. The number of hydrogen-bond donors (Lipinski definition) is 1. The van der Waals surface area contributed by atoms with Gasteiger partial charge in [0.25, 0.3) is 0 Å². The molecular formula is C18H35N2O2+. The molecule has 0 unspecified atom stereocenters. The summed E-state index contributed by atoms with van der Waals surface area (Å²) in [6.07, 6.45) is 11.7. The molecule has 128 valence electrons. The van der Waals surface area contributed by atoms with Gasteiger partial charge in [-0.3, -0.25) is 9.69 Å². The Morgan fingerprint density at radius 3 is 1.73 bits per heavy atom. The van der Waals surface area contributed by atoms with Gasteiger partial charge in [0, 0.05) is 26.1 Å². The molecule has 0 saturated carbocycles. The van der Waals surface area contributed by atoms with E-state index in [0.29, 0.717) is 6.42 Å². The highest BCUT2D eigenvalue weighted by Crippen LogP contribution is 2.21. The third-order valence-corrected chi connectivity index (χ3v) is 5.69. The zero-order valence-electron chi connectivity index (χ0n) is 14.3. The Balaban J connectivity index is 1.36. The number of carboxylic acid groups (broad SMARTS) is 1. The van der Waals surface area contributed by atoms with Gasteiger partial charge in [-0.1, -0.05) is 38.5 Å². The van der Waals surface area contributed by atoms with Crippen molar-refractivity contribution >= 4 is 5.97 Å². The van der Waals surface area contributed by atoms with Crippen LogP contribution < -0.4 is 0 Å². The quantitative estimate of drug-likeness (QED) is 0.445. The van der Waals surface area contributed by atoms with Gasteiger partial charge in [0.2, 0.25) is 0 Å². The normalized spacial score (nSPS) is 27.2. The van der Waals surface area contributed by atoms with Crippen molar-refractivity contribution in [2.45, 2.75) is 64.2 Å². The number of fused-ring (bicyclic) bond motifs is 3. The fourth-order valence-corrected chi connectivity index (χ4v) is 4.03. The first kappa shape index (κ1) is 17.7. The summed E-state index contributed by atoms with van der Waals surface area (Å²) in [5.74, 6) is -0.651. The van der Waals surface area contributed by atoms with E-state index in [-0.39, 0.29) is 0 Å². The van der Waals surface area contributed by atoms with Crippen molar-refractivity contribution in [2.24, 2.45) is 0 Å². The molecule has 3 rings (SSSR count). The lowest BCUT2D eigenvalue weighted by atomic mass is 10.1. The second-order valence-corrected chi connectivity index (χ2v) is 7.40. The second kappa shape index (κ2) is 9.51. The van der Waals surface area contributed by atoms with Crippen molar-refractivity contribution in [1.82, 2.24) is 4.90 Å². The third-order valence-electron chi connectivity index (χ3n) is 5.69. The molecule has 22 heavy (non-hydrogen) atoms. The van der Waals surface area contributed by atoms with Gasteiger partial charge in [0.1, 0.15) is 0 Å². The Labute approximate surface area is 136 Å². The number of carboxylic acids is 1.